The molecule has 1 heterocycles. The van der Waals surface area contributed by atoms with Crippen molar-refractivity contribution in [3.63, 3.8) is 0 Å². The van der Waals surface area contributed by atoms with Crippen LogP contribution in [0.3, 0.4) is 0 Å². The maximum Gasteiger partial charge on any atom is 0.261 e. The summed E-state index contributed by atoms with van der Waals surface area (Å²) >= 11 is 0. The van der Waals surface area contributed by atoms with Crippen molar-refractivity contribution in [2.45, 2.75) is 6.29 Å². The third kappa shape index (κ3) is 4.71. The Bertz CT molecular complexity index is 513. The van der Waals surface area contributed by atoms with E-state index in [0.717, 1.165) is 0 Å². The molecule has 0 atom stereocenters. The highest BCUT2D eigenvalue weighted by molar-refractivity contribution is 5.98. The first-order valence-corrected chi connectivity index (χ1v) is 6.58. The predicted molar refractivity (Wildman–Crippen MR) is 77.5 cm³/mol. The molecule has 0 aliphatic carbocycles. The van der Waals surface area contributed by atoms with Gasteiger partial charge in [0.2, 0.25) is 11.8 Å². The SMILES string of the molecule is COc1nn(C)cc1C(=O)N(C)CC(=O)NCC(OC)OC. The van der Waals surface area contributed by atoms with Crippen LogP contribution in [0.25, 0.3) is 0 Å². The summed E-state index contributed by atoms with van der Waals surface area (Å²) in [6.45, 7) is 0.0983. The van der Waals surface area contributed by atoms with Crippen LogP contribution >= 0.6 is 0 Å². The number of carbonyl (C=O) groups is 2. The van der Waals surface area contributed by atoms with Gasteiger partial charge in [-0.2, -0.15) is 0 Å². The van der Waals surface area contributed by atoms with Gasteiger partial charge in [0.05, 0.1) is 20.2 Å². The molecule has 1 aromatic heterocycles. The average Bonchev–Trinajstić information content (AvgIpc) is 2.88. The smallest absolute Gasteiger partial charge is 0.261 e. The van der Waals surface area contributed by atoms with Crippen molar-refractivity contribution in [1.29, 1.82) is 0 Å². The first-order valence-electron chi connectivity index (χ1n) is 6.58. The quantitative estimate of drug-likeness (QED) is 0.634. The van der Waals surface area contributed by atoms with E-state index in [1.165, 1.54) is 38.0 Å². The summed E-state index contributed by atoms with van der Waals surface area (Å²) in [7, 11) is 7.59. The molecule has 0 unspecified atom stereocenters. The van der Waals surface area contributed by atoms with E-state index >= 15 is 0 Å². The molecule has 2 amide bonds. The van der Waals surface area contributed by atoms with Crippen LogP contribution < -0.4 is 10.1 Å². The lowest BCUT2D eigenvalue weighted by atomic mass is 10.3. The molecule has 0 saturated heterocycles. The van der Waals surface area contributed by atoms with Crippen molar-refractivity contribution >= 4 is 11.8 Å². The highest BCUT2D eigenvalue weighted by Crippen LogP contribution is 2.16. The number of carbonyl (C=O) groups excluding carboxylic acids is 2. The fourth-order valence-electron chi connectivity index (χ4n) is 1.77. The zero-order valence-corrected chi connectivity index (χ0v) is 13.5. The molecule has 0 bridgehead atoms. The van der Waals surface area contributed by atoms with Gasteiger partial charge in [-0.1, -0.05) is 0 Å². The Hall–Kier alpha value is -2.13. The average molecular weight is 314 g/mol. The summed E-state index contributed by atoms with van der Waals surface area (Å²) in [6.07, 6.45) is 1.02. The Kier molecular flexibility index (Phi) is 6.80. The largest absolute Gasteiger partial charge is 0.479 e. The summed E-state index contributed by atoms with van der Waals surface area (Å²) in [4.78, 5) is 25.4. The Balaban J connectivity index is 2.58. The van der Waals surface area contributed by atoms with Crippen molar-refractivity contribution < 1.29 is 23.8 Å². The second-order valence-electron chi connectivity index (χ2n) is 4.59. The molecule has 124 valence electrons. The molecule has 0 fully saturated rings. The zero-order chi connectivity index (χ0) is 16.7. The van der Waals surface area contributed by atoms with Crippen LogP contribution in [0.5, 0.6) is 5.88 Å². The van der Waals surface area contributed by atoms with Gasteiger partial charge in [0.1, 0.15) is 5.56 Å². The van der Waals surface area contributed by atoms with E-state index in [0.29, 0.717) is 5.56 Å². The second-order valence-corrected chi connectivity index (χ2v) is 4.59. The van der Waals surface area contributed by atoms with E-state index in [9.17, 15) is 9.59 Å². The normalized spacial score (nSPS) is 10.6. The van der Waals surface area contributed by atoms with E-state index in [4.69, 9.17) is 14.2 Å². The molecule has 9 heteroatoms. The van der Waals surface area contributed by atoms with Crippen LogP contribution in [0.15, 0.2) is 6.20 Å². The van der Waals surface area contributed by atoms with Gasteiger partial charge in [-0.3, -0.25) is 14.3 Å². The van der Waals surface area contributed by atoms with E-state index in [1.807, 2.05) is 0 Å². The van der Waals surface area contributed by atoms with Gasteiger partial charge in [-0.25, -0.2) is 0 Å². The van der Waals surface area contributed by atoms with Crippen LogP contribution in [0.2, 0.25) is 0 Å². The molecule has 0 saturated carbocycles. The van der Waals surface area contributed by atoms with Gasteiger partial charge in [0.15, 0.2) is 6.29 Å². The van der Waals surface area contributed by atoms with Crippen LogP contribution in [-0.2, 0) is 21.3 Å². The second kappa shape index (κ2) is 8.35. The highest BCUT2D eigenvalue weighted by Gasteiger charge is 2.21. The van der Waals surface area contributed by atoms with Crippen LogP contribution in [0.4, 0.5) is 0 Å². The topological polar surface area (TPSA) is 94.9 Å². The van der Waals surface area contributed by atoms with Crippen LogP contribution in [0, 0.1) is 0 Å². The summed E-state index contributed by atoms with van der Waals surface area (Å²) in [5.41, 5.74) is 0.298. The summed E-state index contributed by atoms with van der Waals surface area (Å²) < 4.78 is 16.4. The number of amides is 2. The number of aryl methyl sites for hydroxylation is 1. The molecule has 0 spiro atoms. The monoisotopic (exact) mass is 314 g/mol. The molecule has 1 rings (SSSR count). The number of nitrogens with zero attached hydrogens (tertiary/aromatic N) is 3. The van der Waals surface area contributed by atoms with Crippen molar-refractivity contribution in [1.82, 2.24) is 20.0 Å². The van der Waals surface area contributed by atoms with Gasteiger partial charge in [-0.05, 0) is 0 Å². The lowest BCUT2D eigenvalue weighted by Gasteiger charge is -2.18. The molecule has 0 aromatic carbocycles. The Morgan fingerprint density at radius 3 is 2.55 bits per heavy atom. The van der Waals surface area contributed by atoms with Gasteiger partial charge in [-0.15, -0.1) is 5.10 Å². The van der Waals surface area contributed by atoms with E-state index in [2.05, 4.69) is 10.4 Å². The molecule has 0 radical (unpaired) electrons. The molecule has 1 N–H and O–H groups in total. The lowest BCUT2D eigenvalue weighted by molar-refractivity contribution is -0.127. The van der Waals surface area contributed by atoms with E-state index in [1.54, 1.807) is 13.2 Å². The summed E-state index contributed by atoms with van der Waals surface area (Å²) in [5.74, 6) is -0.452. The van der Waals surface area contributed by atoms with Crippen molar-refractivity contribution in [3.8, 4) is 5.88 Å². The van der Waals surface area contributed by atoms with Gasteiger partial charge >= 0.3 is 0 Å². The number of likely N-dealkylation sites (N-methyl/N-ethyl adjacent to an activating group) is 1. The minimum absolute atomic E-state index is 0.100. The van der Waals surface area contributed by atoms with Gasteiger partial charge in [0, 0.05) is 34.5 Å². The third-order valence-electron chi connectivity index (χ3n) is 2.94. The minimum atomic E-state index is -0.525. The standard InChI is InChI=1S/C13H22N4O5/c1-16(8-10(18)14-6-11(20-3)21-4)13(19)9-7-17(2)15-12(9)22-5/h7,11H,6,8H2,1-5H3,(H,14,18). The van der Waals surface area contributed by atoms with E-state index in [-0.39, 0.29) is 30.8 Å². The zero-order valence-electron chi connectivity index (χ0n) is 13.5. The number of nitrogens with one attached hydrogen (secondary N) is 1. The van der Waals surface area contributed by atoms with Crippen LogP contribution in [-0.4, -0.2) is 74.3 Å². The number of methoxy groups -OCH3 is 3. The molecule has 9 nitrogen and oxygen atoms in total. The third-order valence-corrected chi connectivity index (χ3v) is 2.94. The lowest BCUT2D eigenvalue weighted by Crippen LogP contribution is -2.41. The number of hydrogen-bond donors (Lipinski definition) is 1. The minimum Gasteiger partial charge on any atom is -0.479 e. The van der Waals surface area contributed by atoms with Crippen molar-refractivity contribution in [2.24, 2.45) is 7.05 Å². The Morgan fingerprint density at radius 2 is 2.00 bits per heavy atom. The van der Waals surface area contributed by atoms with E-state index < -0.39 is 6.29 Å². The van der Waals surface area contributed by atoms with Crippen LogP contribution in [0.1, 0.15) is 10.4 Å². The number of hydrogen-bond acceptors (Lipinski definition) is 6. The first kappa shape index (κ1) is 17.9. The number of ether oxygens (including phenoxy) is 3. The van der Waals surface area contributed by atoms with Gasteiger partial charge < -0.3 is 24.4 Å². The molecular formula is C13H22N4O5. The molecule has 0 aliphatic heterocycles. The first-order chi connectivity index (χ1) is 10.4. The maximum absolute atomic E-state index is 12.3. The molecular weight excluding hydrogens is 292 g/mol. The number of aromatic nitrogens is 2. The van der Waals surface area contributed by atoms with Crippen molar-refractivity contribution in [2.75, 3.05) is 41.5 Å². The fraction of sp³-hybridized carbons (Fsp3) is 0.615. The fourth-order valence-corrected chi connectivity index (χ4v) is 1.77. The molecule has 22 heavy (non-hydrogen) atoms. The summed E-state index contributed by atoms with van der Waals surface area (Å²) in [6, 6.07) is 0. The van der Waals surface area contributed by atoms with Gasteiger partial charge in [0.25, 0.3) is 5.91 Å². The summed E-state index contributed by atoms with van der Waals surface area (Å²) in [5, 5.41) is 6.63. The molecule has 0 aliphatic rings. The maximum atomic E-state index is 12.3. The number of rotatable bonds is 8. The highest BCUT2D eigenvalue weighted by atomic mass is 16.7. The predicted octanol–water partition coefficient (Wildman–Crippen LogP) is -0.764. The Morgan fingerprint density at radius 1 is 1.36 bits per heavy atom. The molecule has 1 aromatic rings. The Labute approximate surface area is 129 Å². The van der Waals surface area contributed by atoms with Crippen molar-refractivity contribution in [3.05, 3.63) is 11.8 Å².